The van der Waals surface area contributed by atoms with Crippen LogP contribution in [-0.4, -0.2) is 31.3 Å². The van der Waals surface area contributed by atoms with Gasteiger partial charge >= 0.3 is 0 Å². The average molecular weight is 201 g/mol. The molecule has 1 atom stereocenters. The highest BCUT2D eigenvalue weighted by molar-refractivity contribution is 5.78. The zero-order chi connectivity index (χ0) is 11.7. The van der Waals surface area contributed by atoms with Crippen molar-refractivity contribution in [1.82, 2.24) is 4.90 Å². The van der Waals surface area contributed by atoms with E-state index in [9.17, 15) is 4.79 Å². The number of hydrogen-bond acceptors (Lipinski definition) is 2. The molecule has 2 nitrogen and oxygen atoms in total. The van der Waals surface area contributed by atoms with Crippen LogP contribution in [-0.2, 0) is 4.79 Å². The Morgan fingerprint density at radius 2 is 1.64 bits per heavy atom. The molecule has 2 heteroatoms. The van der Waals surface area contributed by atoms with Crippen molar-refractivity contribution in [2.75, 3.05) is 20.6 Å². The van der Waals surface area contributed by atoms with Gasteiger partial charge in [-0.2, -0.15) is 0 Å². The second kappa shape index (κ2) is 9.20. The van der Waals surface area contributed by atoms with Crippen LogP contribution in [0.3, 0.4) is 0 Å². The molecule has 0 N–H and O–H groups in total. The van der Waals surface area contributed by atoms with E-state index in [1.54, 1.807) is 6.92 Å². The highest BCUT2D eigenvalue weighted by Crippen LogP contribution is 2.13. The van der Waals surface area contributed by atoms with Crippen LogP contribution in [0.15, 0.2) is 0 Å². The molecule has 0 rings (SSSR count). The Kier molecular flexibility index (Phi) is 10.6. The second-order valence-electron chi connectivity index (χ2n) is 4.20. The lowest BCUT2D eigenvalue weighted by molar-refractivity contribution is -0.121. The van der Waals surface area contributed by atoms with Crippen LogP contribution in [0, 0.1) is 11.8 Å². The van der Waals surface area contributed by atoms with Crippen molar-refractivity contribution in [3.05, 3.63) is 0 Å². The van der Waals surface area contributed by atoms with Crippen molar-refractivity contribution in [2.24, 2.45) is 11.8 Å². The van der Waals surface area contributed by atoms with Crippen molar-refractivity contribution >= 4 is 5.78 Å². The standard InChI is InChI=1S/C10H21NO.C2H6/c1-8(2)6-10(9(3)12)7-11(4)5;1-2/h8,10H,6-7H2,1-5H3;1-2H3. The van der Waals surface area contributed by atoms with Crippen LogP contribution in [0.1, 0.15) is 41.0 Å². The zero-order valence-electron chi connectivity index (χ0n) is 10.9. The Morgan fingerprint density at radius 3 is 1.86 bits per heavy atom. The zero-order valence-corrected chi connectivity index (χ0v) is 10.9. The molecule has 0 heterocycles. The molecular formula is C12H27NO. The van der Waals surface area contributed by atoms with Gasteiger partial charge in [-0.1, -0.05) is 27.7 Å². The molecule has 0 amide bonds. The van der Waals surface area contributed by atoms with Gasteiger partial charge in [-0.25, -0.2) is 0 Å². The quantitative estimate of drug-likeness (QED) is 0.681. The number of carbonyl (C=O) groups excluding carboxylic acids is 1. The van der Waals surface area contributed by atoms with Gasteiger partial charge in [0, 0.05) is 12.5 Å². The number of hydrogen-bond donors (Lipinski definition) is 0. The fourth-order valence-corrected chi connectivity index (χ4v) is 1.38. The topological polar surface area (TPSA) is 20.3 Å². The Labute approximate surface area is 89.7 Å². The highest BCUT2D eigenvalue weighted by Gasteiger charge is 2.16. The van der Waals surface area contributed by atoms with Crippen LogP contribution >= 0.6 is 0 Å². The highest BCUT2D eigenvalue weighted by atomic mass is 16.1. The fraction of sp³-hybridized carbons (Fsp3) is 0.917. The third-order valence-corrected chi connectivity index (χ3v) is 1.92. The molecule has 14 heavy (non-hydrogen) atoms. The summed E-state index contributed by atoms with van der Waals surface area (Å²) in [5, 5.41) is 0. The van der Waals surface area contributed by atoms with E-state index in [2.05, 4.69) is 18.7 Å². The summed E-state index contributed by atoms with van der Waals surface area (Å²) >= 11 is 0. The summed E-state index contributed by atoms with van der Waals surface area (Å²) in [6, 6.07) is 0. The molecule has 0 aliphatic carbocycles. The number of carbonyl (C=O) groups is 1. The van der Waals surface area contributed by atoms with E-state index in [1.165, 1.54) is 0 Å². The van der Waals surface area contributed by atoms with E-state index in [0.29, 0.717) is 11.7 Å². The summed E-state index contributed by atoms with van der Waals surface area (Å²) < 4.78 is 0. The summed E-state index contributed by atoms with van der Waals surface area (Å²) in [5.41, 5.74) is 0. The van der Waals surface area contributed by atoms with Crippen molar-refractivity contribution in [1.29, 1.82) is 0 Å². The van der Waals surface area contributed by atoms with Gasteiger partial charge in [-0.15, -0.1) is 0 Å². The first-order chi connectivity index (χ1) is 6.43. The van der Waals surface area contributed by atoms with Gasteiger partial charge < -0.3 is 4.90 Å². The molecule has 1 unspecified atom stereocenters. The SMILES string of the molecule is CC.CC(=O)C(CC(C)C)CN(C)C. The lowest BCUT2D eigenvalue weighted by Gasteiger charge is -2.19. The maximum atomic E-state index is 11.2. The molecule has 0 fully saturated rings. The van der Waals surface area contributed by atoms with Crippen LogP contribution in [0.5, 0.6) is 0 Å². The first kappa shape index (κ1) is 16.1. The smallest absolute Gasteiger partial charge is 0.134 e. The molecule has 0 aliphatic heterocycles. The van der Waals surface area contributed by atoms with E-state index in [0.717, 1.165) is 13.0 Å². The van der Waals surface area contributed by atoms with E-state index < -0.39 is 0 Å². The summed E-state index contributed by atoms with van der Waals surface area (Å²) in [6.45, 7) is 10.9. The second-order valence-corrected chi connectivity index (χ2v) is 4.20. The van der Waals surface area contributed by atoms with Crippen LogP contribution in [0.2, 0.25) is 0 Å². The maximum absolute atomic E-state index is 11.2. The molecule has 0 aliphatic rings. The monoisotopic (exact) mass is 201 g/mol. The third kappa shape index (κ3) is 9.72. The first-order valence-corrected chi connectivity index (χ1v) is 5.58. The van der Waals surface area contributed by atoms with Crippen molar-refractivity contribution in [2.45, 2.75) is 41.0 Å². The Bertz CT molecular complexity index is 131. The molecule has 0 aromatic carbocycles. The lowest BCUT2D eigenvalue weighted by Crippen LogP contribution is -2.27. The molecule has 0 radical (unpaired) electrons. The van der Waals surface area contributed by atoms with Crippen molar-refractivity contribution < 1.29 is 4.79 Å². The van der Waals surface area contributed by atoms with Crippen molar-refractivity contribution in [3.63, 3.8) is 0 Å². The Balaban J connectivity index is 0. The van der Waals surface area contributed by atoms with Gasteiger partial charge in [0.05, 0.1) is 0 Å². The maximum Gasteiger partial charge on any atom is 0.134 e. The van der Waals surface area contributed by atoms with Gasteiger partial charge in [-0.3, -0.25) is 4.79 Å². The number of ketones is 1. The number of Topliss-reactive ketones (excluding diaryl/α,β-unsaturated/α-hetero) is 1. The summed E-state index contributed by atoms with van der Waals surface area (Å²) in [4.78, 5) is 13.3. The Morgan fingerprint density at radius 1 is 1.21 bits per heavy atom. The van der Waals surface area contributed by atoms with Gasteiger partial charge in [-0.05, 0) is 33.4 Å². The molecule has 0 bridgehead atoms. The normalized spacial score (nSPS) is 12.4. The van der Waals surface area contributed by atoms with E-state index in [1.807, 2.05) is 27.9 Å². The average Bonchev–Trinajstić information content (AvgIpc) is 2.05. The van der Waals surface area contributed by atoms with Gasteiger partial charge in [0.15, 0.2) is 0 Å². The Hall–Kier alpha value is -0.370. The van der Waals surface area contributed by atoms with Gasteiger partial charge in [0.2, 0.25) is 0 Å². The summed E-state index contributed by atoms with van der Waals surface area (Å²) in [5.74, 6) is 1.15. The molecule has 0 saturated heterocycles. The summed E-state index contributed by atoms with van der Waals surface area (Å²) in [7, 11) is 4.02. The third-order valence-electron chi connectivity index (χ3n) is 1.92. The minimum Gasteiger partial charge on any atom is -0.309 e. The molecule has 0 aromatic heterocycles. The van der Waals surface area contributed by atoms with E-state index in [4.69, 9.17) is 0 Å². The lowest BCUT2D eigenvalue weighted by atomic mass is 9.93. The number of rotatable bonds is 5. The largest absolute Gasteiger partial charge is 0.309 e. The molecule has 86 valence electrons. The van der Waals surface area contributed by atoms with Crippen molar-refractivity contribution in [3.8, 4) is 0 Å². The number of nitrogens with zero attached hydrogens (tertiary/aromatic N) is 1. The predicted molar refractivity (Wildman–Crippen MR) is 63.5 cm³/mol. The summed E-state index contributed by atoms with van der Waals surface area (Å²) in [6.07, 6.45) is 1.01. The minimum absolute atomic E-state index is 0.222. The van der Waals surface area contributed by atoms with Crippen LogP contribution in [0.25, 0.3) is 0 Å². The van der Waals surface area contributed by atoms with E-state index in [-0.39, 0.29) is 5.92 Å². The van der Waals surface area contributed by atoms with Gasteiger partial charge in [0.1, 0.15) is 5.78 Å². The van der Waals surface area contributed by atoms with E-state index >= 15 is 0 Å². The van der Waals surface area contributed by atoms with Crippen LogP contribution in [0.4, 0.5) is 0 Å². The molecule has 0 spiro atoms. The molecular weight excluding hydrogens is 174 g/mol. The van der Waals surface area contributed by atoms with Gasteiger partial charge in [0.25, 0.3) is 0 Å². The fourth-order valence-electron chi connectivity index (χ4n) is 1.38. The molecule has 0 saturated carbocycles. The minimum atomic E-state index is 0.222. The predicted octanol–water partition coefficient (Wildman–Crippen LogP) is 2.83. The van der Waals surface area contributed by atoms with Crippen LogP contribution < -0.4 is 0 Å². The first-order valence-electron chi connectivity index (χ1n) is 5.58. The molecule has 0 aromatic rings.